The molecule has 1 atom stereocenters. The summed E-state index contributed by atoms with van der Waals surface area (Å²) < 4.78 is 5.59. The second-order valence-electron chi connectivity index (χ2n) is 3.23. The highest BCUT2D eigenvalue weighted by Crippen LogP contribution is 2.11. The maximum absolute atomic E-state index is 8.57. The van der Waals surface area contributed by atoms with Crippen LogP contribution in [0.1, 0.15) is 12.0 Å². The first-order valence-electron chi connectivity index (χ1n) is 4.62. The number of halogens is 1. The summed E-state index contributed by atoms with van der Waals surface area (Å²) in [6.07, 6.45) is 2.76. The first kappa shape index (κ1) is 11.8. The van der Waals surface area contributed by atoms with Gasteiger partial charge in [-0.1, -0.05) is 0 Å². The zero-order valence-corrected chi connectivity index (χ0v) is 8.96. The van der Waals surface area contributed by atoms with Crippen LogP contribution in [0.4, 0.5) is 0 Å². The Morgan fingerprint density at radius 1 is 1.53 bits per heavy atom. The van der Waals surface area contributed by atoms with Gasteiger partial charge in [-0.2, -0.15) is 5.26 Å². The summed E-state index contributed by atoms with van der Waals surface area (Å²) >= 11 is 0. The van der Waals surface area contributed by atoms with Gasteiger partial charge in [0.1, 0.15) is 12.2 Å². The number of hydrogen-bond donors (Lipinski definition) is 1. The molecule has 0 aliphatic carbocycles. The number of pyridine rings is 1. The van der Waals surface area contributed by atoms with E-state index in [0.717, 1.165) is 19.5 Å². The Balaban J connectivity index is 0.00000112. The molecule has 15 heavy (non-hydrogen) atoms. The van der Waals surface area contributed by atoms with Gasteiger partial charge in [-0.25, -0.2) is 4.98 Å². The number of hydrogen-bond acceptors (Lipinski definition) is 4. The smallest absolute Gasteiger partial charge is 0.213 e. The van der Waals surface area contributed by atoms with E-state index in [4.69, 9.17) is 10.00 Å². The van der Waals surface area contributed by atoms with E-state index >= 15 is 0 Å². The molecule has 1 aromatic rings. The van der Waals surface area contributed by atoms with E-state index in [-0.39, 0.29) is 18.5 Å². The summed E-state index contributed by atoms with van der Waals surface area (Å²) in [5.41, 5.74) is 0.557. The zero-order valence-electron chi connectivity index (χ0n) is 8.14. The maximum atomic E-state index is 8.57. The van der Waals surface area contributed by atoms with E-state index in [1.165, 1.54) is 6.20 Å². The quantitative estimate of drug-likeness (QED) is 0.820. The van der Waals surface area contributed by atoms with Crippen molar-refractivity contribution in [3.63, 3.8) is 0 Å². The summed E-state index contributed by atoms with van der Waals surface area (Å²) in [5.74, 6) is 0.595. The van der Waals surface area contributed by atoms with E-state index in [9.17, 15) is 0 Å². The lowest BCUT2D eigenvalue weighted by Gasteiger charge is -2.10. The Labute approximate surface area is 94.7 Å². The average Bonchev–Trinajstić information content (AvgIpc) is 2.72. The van der Waals surface area contributed by atoms with Crippen molar-refractivity contribution in [1.82, 2.24) is 10.3 Å². The number of rotatable bonds is 2. The number of nitriles is 1. The molecule has 0 radical (unpaired) electrons. The predicted octanol–water partition coefficient (Wildman–Crippen LogP) is 1.12. The molecule has 0 aromatic carbocycles. The largest absolute Gasteiger partial charge is 0.473 e. The number of nitrogens with one attached hydrogen (secondary N) is 1. The van der Waals surface area contributed by atoms with Crippen molar-refractivity contribution in [1.29, 1.82) is 5.26 Å². The fourth-order valence-corrected chi connectivity index (χ4v) is 1.42. The number of nitrogens with zero attached hydrogens (tertiary/aromatic N) is 2. The summed E-state index contributed by atoms with van der Waals surface area (Å²) in [6, 6.07) is 5.46. The first-order chi connectivity index (χ1) is 6.88. The Morgan fingerprint density at radius 3 is 2.93 bits per heavy atom. The Kier molecular flexibility index (Phi) is 4.35. The third-order valence-electron chi connectivity index (χ3n) is 2.17. The molecule has 2 rings (SSSR count). The fraction of sp³-hybridized carbons (Fsp3) is 0.400. The van der Waals surface area contributed by atoms with Gasteiger partial charge in [-0.15, -0.1) is 12.4 Å². The highest BCUT2D eigenvalue weighted by atomic mass is 35.5. The lowest BCUT2D eigenvalue weighted by atomic mass is 10.3. The van der Waals surface area contributed by atoms with E-state index in [2.05, 4.69) is 10.3 Å². The van der Waals surface area contributed by atoms with Gasteiger partial charge in [0.2, 0.25) is 5.88 Å². The normalized spacial score (nSPS) is 19.0. The summed E-state index contributed by atoms with van der Waals surface area (Å²) in [5, 5.41) is 11.8. The van der Waals surface area contributed by atoms with Gasteiger partial charge >= 0.3 is 0 Å². The van der Waals surface area contributed by atoms with Gasteiger partial charge in [-0.05, 0) is 19.0 Å². The van der Waals surface area contributed by atoms with Crippen LogP contribution in [0.5, 0.6) is 5.88 Å². The van der Waals surface area contributed by atoms with Crippen LogP contribution in [0, 0.1) is 11.3 Å². The molecule has 80 valence electrons. The van der Waals surface area contributed by atoms with Crippen molar-refractivity contribution in [2.75, 3.05) is 13.1 Å². The molecule has 1 aromatic heterocycles. The predicted molar refractivity (Wildman–Crippen MR) is 58.1 cm³/mol. The van der Waals surface area contributed by atoms with Gasteiger partial charge < -0.3 is 10.1 Å². The van der Waals surface area contributed by atoms with Crippen LogP contribution in [-0.2, 0) is 0 Å². The maximum Gasteiger partial charge on any atom is 0.213 e. The van der Waals surface area contributed by atoms with Gasteiger partial charge in [0.05, 0.1) is 5.56 Å². The standard InChI is InChI=1S/C10H11N3O.ClH/c11-5-8-1-2-10(13-6-8)14-9-3-4-12-7-9;/h1-2,6,9,12H,3-4,7H2;1H. The molecular formula is C10H12ClN3O. The molecule has 1 saturated heterocycles. The molecule has 1 unspecified atom stereocenters. The topological polar surface area (TPSA) is 57.9 Å². The van der Waals surface area contributed by atoms with Crippen LogP contribution in [0.3, 0.4) is 0 Å². The molecule has 1 N–H and O–H groups in total. The molecule has 4 nitrogen and oxygen atoms in total. The molecule has 2 heterocycles. The van der Waals surface area contributed by atoms with E-state index in [1.807, 2.05) is 6.07 Å². The summed E-state index contributed by atoms with van der Waals surface area (Å²) in [4.78, 5) is 4.04. The Hall–Kier alpha value is -1.31. The minimum Gasteiger partial charge on any atom is -0.473 e. The summed E-state index contributed by atoms with van der Waals surface area (Å²) in [7, 11) is 0. The molecular weight excluding hydrogens is 214 g/mol. The average molecular weight is 226 g/mol. The van der Waals surface area contributed by atoms with Crippen LogP contribution < -0.4 is 10.1 Å². The van der Waals surface area contributed by atoms with Crippen LogP contribution in [-0.4, -0.2) is 24.2 Å². The van der Waals surface area contributed by atoms with E-state index < -0.39 is 0 Å². The van der Waals surface area contributed by atoms with E-state index in [1.54, 1.807) is 12.1 Å². The minimum absolute atomic E-state index is 0. The van der Waals surface area contributed by atoms with Gasteiger partial charge in [0, 0.05) is 18.8 Å². The van der Waals surface area contributed by atoms with Crippen LogP contribution in [0.15, 0.2) is 18.3 Å². The molecule has 1 aliphatic heterocycles. The Bertz CT molecular complexity index is 341. The highest BCUT2D eigenvalue weighted by molar-refractivity contribution is 5.85. The van der Waals surface area contributed by atoms with Crippen molar-refractivity contribution >= 4 is 12.4 Å². The SMILES string of the molecule is Cl.N#Cc1ccc(OC2CCNC2)nc1. The molecule has 1 fully saturated rings. The minimum atomic E-state index is 0. The molecule has 5 heteroatoms. The van der Waals surface area contributed by atoms with Crippen molar-refractivity contribution < 1.29 is 4.74 Å². The second-order valence-corrected chi connectivity index (χ2v) is 3.23. The van der Waals surface area contributed by atoms with Crippen molar-refractivity contribution in [2.45, 2.75) is 12.5 Å². The van der Waals surface area contributed by atoms with Crippen molar-refractivity contribution in [3.8, 4) is 11.9 Å². The zero-order chi connectivity index (χ0) is 9.80. The van der Waals surface area contributed by atoms with Crippen molar-refractivity contribution in [2.24, 2.45) is 0 Å². The van der Waals surface area contributed by atoms with Crippen LogP contribution in [0.2, 0.25) is 0 Å². The third-order valence-corrected chi connectivity index (χ3v) is 2.17. The van der Waals surface area contributed by atoms with Gasteiger partial charge in [-0.3, -0.25) is 0 Å². The number of ether oxygens (including phenoxy) is 1. The first-order valence-corrected chi connectivity index (χ1v) is 4.62. The van der Waals surface area contributed by atoms with Crippen LogP contribution >= 0.6 is 12.4 Å². The van der Waals surface area contributed by atoms with Crippen molar-refractivity contribution in [3.05, 3.63) is 23.9 Å². The molecule has 0 saturated carbocycles. The lowest BCUT2D eigenvalue weighted by Crippen LogP contribution is -2.19. The Morgan fingerprint density at radius 2 is 2.40 bits per heavy atom. The molecule has 0 bridgehead atoms. The fourth-order valence-electron chi connectivity index (χ4n) is 1.42. The third kappa shape index (κ3) is 3.08. The highest BCUT2D eigenvalue weighted by Gasteiger charge is 2.15. The number of aromatic nitrogens is 1. The summed E-state index contributed by atoms with van der Waals surface area (Å²) in [6.45, 7) is 1.88. The molecule has 1 aliphatic rings. The lowest BCUT2D eigenvalue weighted by molar-refractivity contribution is 0.214. The van der Waals surface area contributed by atoms with Crippen LogP contribution in [0.25, 0.3) is 0 Å². The van der Waals surface area contributed by atoms with Gasteiger partial charge in [0.15, 0.2) is 0 Å². The molecule has 0 spiro atoms. The molecule has 0 amide bonds. The monoisotopic (exact) mass is 225 g/mol. The second kappa shape index (κ2) is 5.54. The van der Waals surface area contributed by atoms with E-state index in [0.29, 0.717) is 11.4 Å². The van der Waals surface area contributed by atoms with Gasteiger partial charge in [0.25, 0.3) is 0 Å².